The van der Waals surface area contributed by atoms with Gasteiger partial charge in [0.15, 0.2) is 0 Å². The summed E-state index contributed by atoms with van der Waals surface area (Å²) in [7, 11) is 0. The molecule has 1 heterocycles. The van der Waals surface area contributed by atoms with Gasteiger partial charge < -0.3 is 9.84 Å². The van der Waals surface area contributed by atoms with Gasteiger partial charge in [0.05, 0.1) is 5.56 Å². The van der Waals surface area contributed by atoms with Gasteiger partial charge in [0.2, 0.25) is 0 Å². The topological polar surface area (TPSA) is 42.4 Å². The molecule has 0 saturated heterocycles. The Labute approximate surface area is 148 Å². The first-order valence-corrected chi connectivity index (χ1v) is 8.38. The van der Waals surface area contributed by atoms with E-state index in [-0.39, 0.29) is 12.2 Å². The van der Waals surface area contributed by atoms with Crippen molar-refractivity contribution in [2.24, 2.45) is 0 Å². The minimum absolute atomic E-state index is 0.241. The normalized spacial score (nSPS) is 12.0. The summed E-state index contributed by atoms with van der Waals surface area (Å²) in [4.78, 5) is 6.05. The van der Waals surface area contributed by atoms with E-state index in [4.69, 9.17) is 4.74 Å². The third-order valence-electron chi connectivity index (χ3n) is 3.45. The molecule has 0 bridgehead atoms. The number of benzene rings is 2. The van der Waals surface area contributed by atoms with E-state index in [2.05, 4.69) is 4.98 Å². The van der Waals surface area contributed by atoms with E-state index in [0.29, 0.717) is 5.75 Å². The fourth-order valence-electron chi connectivity index (χ4n) is 2.23. The molecule has 0 radical (unpaired) electrons. The molecule has 1 unspecified atom stereocenters. The molecular formula is C19H15F2NO2S. The molecular weight excluding hydrogens is 344 g/mol. The minimum atomic E-state index is -1.38. The minimum Gasteiger partial charge on any atom is -0.491 e. The summed E-state index contributed by atoms with van der Waals surface area (Å²) in [5.74, 6) is -1.07. The lowest BCUT2D eigenvalue weighted by molar-refractivity contribution is 0.101. The van der Waals surface area contributed by atoms with Crippen LogP contribution in [-0.2, 0) is 0 Å². The van der Waals surface area contributed by atoms with Crippen molar-refractivity contribution < 1.29 is 18.6 Å². The molecule has 25 heavy (non-hydrogen) atoms. The van der Waals surface area contributed by atoms with Gasteiger partial charge in [-0.25, -0.2) is 8.78 Å². The third kappa shape index (κ3) is 4.55. The lowest BCUT2D eigenvalue weighted by Gasteiger charge is -2.14. The lowest BCUT2D eigenvalue weighted by Crippen LogP contribution is -2.13. The Balaban J connectivity index is 1.60. The summed E-state index contributed by atoms with van der Waals surface area (Å²) < 4.78 is 32.7. The summed E-state index contributed by atoms with van der Waals surface area (Å²) in [5, 5.41) is 9.98. The quantitative estimate of drug-likeness (QED) is 0.697. The zero-order chi connectivity index (χ0) is 17.6. The number of hydrogen-bond donors (Lipinski definition) is 1. The summed E-state index contributed by atoms with van der Waals surface area (Å²) in [5.41, 5.74) is -0.382. The second-order valence-electron chi connectivity index (χ2n) is 5.22. The summed E-state index contributed by atoms with van der Waals surface area (Å²) in [6.07, 6.45) is 2.07. The van der Waals surface area contributed by atoms with Crippen LogP contribution in [0.5, 0.6) is 5.75 Å². The number of ether oxygens (including phenoxy) is 1. The lowest BCUT2D eigenvalue weighted by atomic mass is 10.1. The molecule has 3 rings (SSSR count). The maximum atomic E-state index is 13.6. The molecule has 3 nitrogen and oxygen atoms in total. The van der Waals surface area contributed by atoms with Gasteiger partial charge in [-0.3, -0.25) is 4.98 Å². The average molecular weight is 359 g/mol. The predicted octanol–water partition coefficient (Wildman–Crippen LogP) is 4.62. The van der Waals surface area contributed by atoms with Gasteiger partial charge in [-0.15, -0.1) is 0 Å². The number of hydrogen-bond acceptors (Lipinski definition) is 4. The van der Waals surface area contributed by atoms with Gasteiger partial charge in [-0.05, 0) is 48.5 Å². The molecule has 2 aromatic carbocycles. The highest BCUT2D eigenvalue weighted by atomic mass is 32.2. The highest BCUT2D eigenvalue weighted by Crippen LogP contribution is 2.29. The van der Waals surface area contributed by atoms with Crippen molar-refractivity contribution in [3.63, 3.8) is 0 Å². The molecule has 1 N–H and O–H groups in total. The smallest absolute Gasteiger partial charge is 0.132 e. The zero-order valence-electron chi connectivity index (χ0n) is 13.1. The molecule has 0 fully saturated rings. The van der Waals surface area contributed by atoms with Crippen LogP contribution in [0.3, 0.4) is 0 Å². The maximum absolute atomic E-state index is 13.6. The van der Waals surface area contributed by atoms with Crippen LogP contribution in [0.1, 0.15) is 11.7 Å². The molecule has 1 aromatic heterocycles. The summed E-state index contributed by atoms with van der Waals surface area (Å²) in [6, 6.07) is 14.5. The van der Waals surface area contributed by atoms with Crippen LogP contribution in [0, 0.1) is 11.6 Å². The van der Waals surface area contributed by atoms with Crippen LogP contribution < -0.4 is 4.74 Å². The number of halogens is 2. The van der Waals surface area contributed by atoms with E-state index < -0.39 is 17.7 Å². The third-order valence-corrected chi connectivity index (χ3v) is 4.47. The van der Waals surface area contributed by atoms with E-state index in [9.17, 15) is 13.9 Å². The molecule has 0 saturated carbocycles. The molecule has 0 aliphatic rings. The Morgan fingerprint density at radius 3 is 2.16 bits per heavy atom. The average Bonchev–Trinajstić information content (AvgIpc) is 2.62. The SMILES string of the molecule is OC(COc1ccc(Sc2ccncc2)cc1)c1c(F)cccc1F. The van der Waals surface area contributed by atoms with E-state index in [1.807, 2.05) is 24.3 Å². The number of rotatable bonds is 6. The Bertz CT molecular complexity index is 808. The van der Waals surface area contributed by atoms with Crippen LogP contribution in [0.2, 0.25) is 0 Å². The van der Waals surface area contributed by atoms with Gasteiger partial charge >= 0.3 is 0 Å². The van der Waals surface area contributed by atoms with Crippen molar-refractivity contribution in [3.8, 4) is 5.75 Å². The number of aliphatic hydroxyl groups is 1. The first kappa shape index (κ1) is 17.4. The number of pyridine rings is 1. The molecule has 0 spiro atoms. The summed E-state index contributed by atoms with van der Waals surface area (Å²) in [6.45, 7) is -0.241. The van der Waals surface area contributed by atoms with Crippen LogP contribution in [0.4, 0.5) is 8.78 Å². The fraction of sp³-hybridized carbons (Fsp3) is 0.105. The molecule has 128 valence electrons. The second kappa shape index (κ2) is 8.09. The van der Waals surface area contributed by atoms with Gasteiger partial charge in [0, 0.05) is 22.2 Å². The van der Waals surface area contributed by atoms with E-state index in [1.165, 1.54) is 6.07 Å². The van der Waals surface area contributed by atoms with Crippen LogP contribution >= 0.6 is 11.8 Å². The first-order valence-electron chi connectivity index (χ1n) is 7.56. The monoisotopic (exact) mass is 359 g/mol. The number of nitrogens with zero attached hydrogens (tertiary/aromatic N) is 1. The first-order chi connectivity index (χ1) is 12.1. The van der Waals surface area contributed by atoms with Crippen molar-refractivity contribution in [1.29, 1.82) is 0 Å². The predicted molar refractivity (Wildman–Crippen MR) is 91.6 cm³/mol. The highest BCUT2D eigenvalue weighted by molar-refractivity contribution is 7.99. The highest BCUT2D eigenvalue weighted by Gasteiger charge is 2.18. The van der Waals surface area contributed by atoms with E-state index >= 15 is 0 Å². The van der Waals surface area contributed by atoms with Gasteiger partial charge in [0.25, 0.3) is 0 Å². The van der Waals surface area contributed by atoms with Crippen molar-refractivity contribution >= 4 is 11.8 Å². The molecule has 1 atom stereocenters. The largest absolute Gasteiger partial charge is 0.491 e. The Hall–Kier alpha value is -2.44. The fourth-order valence-corrected chi connectivity index (χ4v) is 3.04. The van der Waals surface area contributed by atoms with E-state index in [0.717, 1.165) is 21.9 Å². The molecule has 0 aliphatic heterocycles. The summed E-state index contributed by atoms with van der Waals surface area (Å²) >= 11 is 1.58. The maximum Gasteiger partial charge on any atom is 0.132 e. The van der Waals surface area contributed by atoms with Crippen LogP contribution in [-0.4, -0.2) is 16.7 Å². The Morgan fingerprint density at radius 2 is 1.52 bits per heavy atom. The zero-order valence-corrected chi connectivity index (χ0v) is 13.9. The second-order valence-corrected chi connectivity index (χ2v) is 6.37. The molecule has 6 heteroatoms. The number of aromatic nitrogens is 1. The molecule has 0 amide bonds. The van der Waals surface area contributed by atoms with Crippen molar-refractivity contribution in [3.05, 3.63) is 84.2 Å². The van der Waals surface area contributed by atoms with Gasteiger partial charge in [0.1, 0.15) is 30.1 Å². The van der Waals surface area contributed by atoms with Gasteiger partial charge in [-0.2, -0.15) is 0 Å². The molecule has 3 aromatic rings. The Kier molecular flexibility index (Phi) is 5.63. The van der Waals surface area contributed by atoms with E-state index in [1.54, 1.807) is 36.3 Å². The van der Waals surface area contributed by atoms with Crippen molar-refractivity contribution in [1.82, 2.24) is 4.98 Å². The van der Waals surface area contributed by atoms with Crippen molar-refractivity contribution in [2.75, 3.05) is 6.61 Å². The Morgan fingerprint density at radius 1 is 0.920 bits per heavy atom. The number of aliphatic hydroxyl groups excluding tert-OH is 1. The van der Waals surface area contributed by atoms with Crippen molar-refractivity contribution in [2.45, 2.75) is 15.9 Å². The van der Waals surface area contributed by atoms with Crippen LogP contribution in [0.25, 0.3) is 0 Å². The standard InChI is InChI=1S/C19H15F2NO2S/c20-16-2-1-3-17(21)19(16)18(23)12-24-13-4-6-14(7-5-13)25-15-8-10-22-11-9-15/h1-11,18,23H,12H2. The van der Waals surface area contributed by atoms with Crippen LogP contribution in [0.15, 0.2) is 76.8 Å². The molecule has 0 aliphatic carbocycles. The van der Waals surface area contributed by atoms with Gasteiger partial charge in [-0.1, -0.05) is 17.8 Å².